The third kappa shape index (κ3) is 4.31. The predicted molar refractivity (Wildman–Crippen MR) is 122 cm³/mol. The highest BCUT2D eigenvalue weighted by molar-refractivity contribution is 7.89. The van der Waals surface area contributed by atoms with Crippen molar-refractivity contribution in [2.24, 2.45) is 11.8 Å². The Morgan fingerprint density at radius 3 is 2.70 bits per heavy atom. The maximum absolute atomic E-state index is 13.4. The van der Waals surface area contributed by atoms with Gasteiger partial charge in [0, 0.05) is 30.7 Å². The van der Waals surface area contributed by atoms with Crippen molar-refractivity contribution in [3.63, 3.8) is 0 Å². The van der Waals surface area contributed by atoms with Crippen molar-refractivity contribution in [2.75, 3.05) is 18.0 Å². The smallest absolute Gasteiger partial charge is 0.243 e. The van der Waals surface area contributed by atoms with Crippen LogP contribution in [-0.4, -0.2) is 43.7 Å². The number of fused-ring (bicyclic) bond motifs is 1. The summed E-state index contributed by atoms with van der Waals surface area (Å²) in [6.07, 6.45) is 5.35. The van der Waals surface area contributed by atoms with Crippen LogP contribution in [0.3, 0.4) is 0 Å². The molecule has 8 nitrogen and oxygen atoms in total. The van der Waals surface area contributed by atoms with Crippen LogP contribution in [0.1, 0.15) is 43.9 Å². The van der Waals surface area contributed by atoms with Crippen molar-refractivity contribution in [1.82, 2.24) is 9.62 Å². The summed E-state index contributed by atoms with van der Waals surface area (Å²) in [5.74, 6) is 0.362. The number of rotatable bonds is 6. The lowest BCUT2D eigenvalue weighted by Crippen LogP contribution is -2.45. The van der Waals surface area contributed by atoms with E-state index in [1.807, 2.05) is 11.8 Å². The van der Waals surface area contributed by atoms with E-state index in [0.717, 1.165) is 24.1 Å². The van der Waals surface area contributed by atoms with Crippen LogP contribution in [0.25, 0.3) is 0 Å². The van der Waals surface area contributed by atoms with E-state index >= 15 is 0 Å². The monoisotopic (exact) mass is 471 g/mol. The van der Waals surface area contributed by atoms with Gasteiger partial charge < -0.3 is 14.6 Å². The molecule has 1 aliphatic carbocycles. The molecule has 0 bridgehead atoms. The molecule has 176 valence electrons. The van der Waals surface area contributed by atoms with Crippen molar-refractivity contribution in [2.45, 2.75) is 56.5 Å². The van der Waals surface area contributed by atoms with Crippen molar-refractivity contribution in [3.8, 4) is 0 Å². The van der Waals surface area contributed by atoms with Crippen LogP contribution >= 0.6 is 0 Å². The van der Waals surface area contributed by atoms with E-state index in [-0.39, 0.29) is 41.8 Å². The van der Waals surface area contributed by atoms with Crippen LogP contribution in [0.4, 0.5) is 5.69 Å². The minimum Gasteiger partial charge on any atom is -0.467 e. The number of nitrogens with zero attached hydrogens (tertiary/aromatic N) is 2. The molecule has 2 aromatic rings. The van der Waals surface area contributed by atoms with Gasteiger partial charge in [0.05, 0.1) is 23.6 Å². The fraction of sp³-hybridized carbons (Fsp3) is 0.500. The van der Waals surface area contributed by atoms with E-state index in [1.54, 1.807) is 36.6 Å². The number of anilines is 1. The minimum absolute atomic E-state index is 0.0308. The molecule has 2 amide bonds. The molecule has 5 rings (SSSR count). The molecule has 1 aromatic carbocycles. The maximum Gasteiger partial charge on any atom is 0.243 e. The van der Waals surface area contributed by atoms with Gasteiger partial charge in [0.25, 0.3) is 0 Å². The van der Waals surface area contributed by atoms with Gasteiger partial charge >= 0.3 is 0 Å². The second kappa shape index (κ2) is 8.61. The summed E-state index contributed by atoms with van der Waals surface area (Å²) in [5.41, 5.74) is 1.72. The summed E-state index contributed by atoms with van der Waals surface area (Å²) in [6.45, 7) is 2.84. The normalized spacial score (nSPS) is 23.4. The van der Waals surface area contributed by atoms with Gasteiger partial charge in [0.2, 0.25) is 21.8 Å². The lowest BCUT2D eigenvalue weighted by Gasteiger charge is -2.31. The highest BCUT2D eigenvalue weighted by atomic mass is 32.2. The molecule has 1 N–H and O–H groups in total. The van der Waals surface area contributed by atoms with Crippen LogP contribution in [-0.2, 0) is 32.6 Å². The molecular weight excluding hydrogens is 442 g/mol. The van der Waals surface area contributed by atoms with Crippen molar-refractivity contribution in [1.29, 1.82) is 0 Å². The zero-order valence-electron chi connectivity index (χ0n) is 18.7. The van der Waals surface area contributed by atoms with Gasteiger partial charge in [-0.25, -0.2) is 8.42 Å². The average molecular weight is 472 g/mol. The second-order valence-electron chi connectivity index (χ2n) is 9.33. The number of hydrogen-bond acceptors (Lipinski definition) is 5. The van der Waals surface area contributed by atoms with Crippen LogP contribution in [0.2, 0.25) is 0 Å². The Morgan fingerprint density at radius 2 is 1.97 bits per heavy atom. The van der Waals surface area contributed by atoms with E-state index in [9.17, 15) is 18.0 Å². The molecule has 3 aliphatic rings. The number of furan rings is 1. The lowest BCUT2D eigenvalue weighted by molar-refractivity contribution is -0.126. The van der Waals surface area contributed by atoms with Gasteiger partial charge in [-0.3, -0.25) is 9.59 Å². The largest absolute Gasteiger partial charge is 0.467 e. The van der Waals surface area contributed by atoms with Gasteiger partial charge in [0.15, 0.2) is 0 Å². The van der Waals surface area contributed by atoms with Crippen molar-refractivity contribution >= 4 is 27.5 Å². The maximum atomic E-state index is 13.4. The number of carbonyl (C=O) groups excluding carboxylic acids is 2. The zero-order valence-corrected chi connectivity index (χ0v) is 19.5. The Bertz CT molecular complexity index is 1160. The van der Waals surface area contributed by atoms with E-state index in [1.165, 1.54) is 4.31 Å². The van der Waals surface area contributed by atoms with Crippen LogP contribution in [0.5, 0.6) is 0 Å². The van der Waals surface area contributed by atoms with Gasteiger partial charge in [-0.05, 0) is 74.9 Å². The molecule has 2 fully saturated rings. The fourth-order valence-corrected chi connectivity index (χ4v) is 6.46. The number of piperidine rings is 1. The average Bonchev–Trinajstić information content (AvgIpc) is 3.43. The number of nitrogens with one attached hydrogen (secondary N) is 1. The predicted octanol–water partition coefficient (Wildman–Crippen LogP) is 2.68. The highest BCUT2D eigenvalue weighted by Gasteiger charge is 2.40. The third-order valence-corrected chi connectivity index (χ3v) is 8.70. The molecule has 1 saturated carbocycles. The molecule has 2 aliphatic heterocycles. The molecular formula is C24H29N3O5S. The summed E-state index contributed by atoms with van der Waals surface area (Å²) in [7, 11) is -3.74. The van der Waals surface area contributed by atoms with Crippen molar-refractivity contribution < 1.29 is 22.4 Å². The molecule has 33 heavy (non-hydrogen) atoms. The first-order valence-electron chi connectivity index (χ1n) is 11.6. The number of hydrogen-bond donors (Lipinski definition) is 1. The first-order valence-corrected chi connectivity index (χ1v) is 13.0. The van der Waals surface area contributed by atoms with Crippen molar-refractivity contribution in [3.05, 3.63) is 47.9 Å². The standard InChI is InChI=1S/C24H29N3O5S/c1-16-12-19-13-21(8-9-22(19)27(16)24(29)17-6-7-17)33(30,31)26-10-2-4-18(15-26)23(28)25-14-20-5-3-11-32-20/h3,5,8-9,11,13,16-18H,2,4,6-7,10,12,14-15H2,1H3,(H,25,28)/t16-,18-/m1/s1. The second-order valence-corrected chi connectivity index (χ2v) is 11.3. The Morgan fingerprint density at radius 1 is 1.15 bits per heavy atom. The number of benzene rings is 1. The molecule has 1 aromatic heterocycles. The van der Waals surface area contributed by atoms with Gasteiger partial charge in [-0.1, -0.05) is 0 Å². The first-order chi connectivity index (χ1) is 15.8. The summed E-state index contributed by atoms with van der Waals surface area (Å²) >= 11 is 0. The summed E-state index contributed by atoms with van der Waals surface area (Å²) in [4.78, 5) is 27.4. The number of carbonyl (C=O) groups is 2. The first kappa shape index (κ1) is 22.2. The zero-order chi connectivity index (χ0) is 23.2. The quantitative estimate of drug-likeness (QED) is 0.698. The van der Waals surface area contributed by atoms with E-state index in [0.29, 0.717) is 31.6 Å². The van der Waals surface area contributed by atoms with E-state index in [2.05, 4.69) is 5.32 Å². The lowest BCUT2D eigenvalue weighted by atomic mass is 9.99. The molecule has 9 heteroatoms. The summed E-state index contributed by atoms with van der Waals surface area (Å²) < 4.78 is 33.5. The van der Waals surface area contributed by atoms with Gasteiger partial charge in [-0.2, -0.15) is 4.31 Å². The van der Waals surface area contributed by atoms with E-state index < -0.39 is 15.9 Å². The molecule has 3 heterocycles. The highest BCUT2D eigenvalue weighted by Crippen LogP contribution is 2.40. The number of sulfonamides is 1. The molecule has 0 spiro atoms. The fourth-order valence-electron chi connectivity index (χ4n) is 4.89. The van der Waals surface area contributed by atoms with Gasteiger partial charge in [-0.15, -0.1) is 0 Å². The minimum atomic E-state index is -3.74. The van der Waals surface area contributed by atoms with Crippen LogP contribution < -0.4 is 10.2 Å². The van der Waals surface area contributed by atoms with Crippen LogP contribution in [0.15, 0.2) is 45.9 Å². The number of amides is 2. The SMILES string of the molecule is C[C@@H]1Cc2cc(S(=O)(=O)N3CCC[C@@H](C(=O)NCc4ccco4)C3)ccc2N1C(=O)C1CC1. The molecule has 0 radical (unpaired) electrons. The van der Waals surface area contributed by atoms with Crippen LogP contribution in [0, 0.1) is 11.8 Å². The molecule has 2 atom stereocenters. The molecule has 0 unspecified atom stereocenters. The Kier molecular flexibility index (Phi) is 5.78. The summed E-state index contributed by atoms with van der Waals surface area (Å²) in [5, 5.41) is 2.84. The summed E-state index contributed by atoms with van der Waals surface area (Å²) in [6, 6.07) is 8.65. The Labute approximate surface area is 194 Å². The topological polar surface area (TPSA) is 99.9 Å². The Balaban J connectivity index is 1.29. The van der Waals surface area contributed by atoms with Gasteiger partial charge in [0.1, 0.15) is 5.76 Å². The van der Waals surface area contributed by atoms with E-state index in [4.69, 9.17) is 4.42 Å². The molecule has 1 saturated heterocycles. The Hall–Kier alpha value is -2.65. The third-order valence-electron chi connectivity index (χ3n) is 6.84.